The van der Waals surface area contributed by atoms with Crippen LogP contribution < -0.4 is 0 Å². The number of rotatable bonds is 5. The molecule has 0 saturated carbocycles. The van der Waals surface area contributed by atoms with Gasteiger partial charge in [-0.3, -0.25) is 4.79 Å². The van der Waals surface area contributed by atoms with E-state index in [1.54, 1.807) is 4.68 Å². The van der Waals surface area contributed by atoms with Crippen LogP contribution in [-0.4, -0.2) is 26.1 Å². The maximum atomic E-state index is 11.3. The van der Waals surface area contributed by atoms with Crippen LogP contribution in [0.15, 0.2) is 48.5 Å². The van der Waals surface area contributed by atoms with Gasteiger partial charge >= 0.3 is 5.97 Å². The van der Waals surface area contributed by atoms with Crippen molar-refractivity contribution in [3.05, 3.63) is 70.9 Å². The fourth-order valence-electron chi connectivity index (χ4n) is 2.93. The summed E-state index contributed by atoms with van der Waals surface area (Å²) >= 11 is 0. The van der Waals surface area contributed by atoms with Gasteiger partial charge in [-0.25, -0.2) is 4.68 Å². The molecular formula is C19H19N3O2. The molecule has 0 unspecified atom stereocenters. The normalized spacial score (nSPS) is 10.8. The van der Waals surface area contributed by atoms with Gasteiger partial charge in [0.15, 0.2) is 0 Å². The van der Waals surface area contributed by atoms with Crippen molar-refractivity contribution in [1.82, 2.24) is 15.0 Å². The van der Waals surface area contributed by atoms with Crippen LogP contribution in [-0.2, 0) is 17.8 Å². The Morgan fingerprint density at radius 2 is 1.75 bits per heavy atom. The maximum Gasteiger partial charge on any atom is 0.309 e. The van der Waals surface area contributed by atoms with Gasteiger partial charge in [0.25, 0.3) is 0 Å². The van der Waals surface area contributed by atoms with Gasteiger partial charge in [0.1, 0.15) is 5.69 Å². The van der Waals surface area contributed by atoms with E-state index in [4.69, 9.17) is 0 Å². The standard InChI is InChI=1S/C19H19N3O2/c1-13-8-14(2)10-15(9-13)12-22-17(11-18(23)24)19(20-21-22)16-6-4-3-5-7-16/h3-10H,11-12H2,1-2H3,(H,23,24). The van der Waals surface area contributed by atoms with Crippen molar-refractivity contribution in [2.45, 2.75) is 26.8 Å². The van der Waals surface area contributed by atoms with Gasteiger partial charge in [0.05, 0.1) is 18.7 Å². The Morgan fingerprint density at radius 1 is 1.08 bits per heavy atom. The zero-order valence-corrected chi connectivity index (χ0v) is 13.7. The topological polar surface area (TPSA) is 68.0 Å². The van der Waals surface area contributed by atoms with Gasteiger partial charge in [-0.05, 0) is 19.4 Å². The number of aliphatic carboxylic acids is 1. The fourth-order valence-corrected chi connectivity index (χ4v) is 2.93. The Balaban J connectivity index is 2.01. The minimum Gasteiger partial charge on any atom is -0.481 e. The lowest BCUT2D eigenvalue weighted by molar-refractivity contribution is -0.136. The molecule has 0 amide bonds. The van der Waals surface area contributed by atoms with E-state index >= 15 is 0 Å². The van der Waals surface area contributed by atoms with Crippen molar-refractivity contribution in [2.75, 3.05) is 0 Å². The van der Waals surface area contributed by atoms with E-state index in [0.29, 0.717) is 17.9 Å². The number of carboxylic acids is 1. The number of aromatic nitrogens is 3. The molecule has 3 aromatic rings. The van der Waals surface area contributed by atoms with Gasteiger partial charge in [-0.2, -0.15) is 0 Å². The van der Waals surface area contributed by atoms with E-state index < -0.39 is 5.97 Å². The first-order chi connectivity index (χ1) is 11.5. The summed E-state index contributed by atoms with van der Waals surface area (Å²) in [5, 5.41) is 17.7. The number of hydrogen-bond donors (Lipinski definition) is 1. The SMILES string of the molecule is Cc1cc(C)cc(Cn2nnc(-c3ccccc3)c2CC(=O)O)c1. The first kappa shape index (κ1) is 15.9. The number of carboxylic acid groups (broad SMARTS) is 1. The zero-order chi connectivity index (χ0) is 17.1. The summed E-state index contributed by atoms with van der Waals surface area (Å²) in [7, 11) is 0. The molecule has 1 heterocycles. The van der Waals surface area contributed by atoms with E-state index in [-0.39, 0.29) is 6.42 Å². The molecule has 0 bridgehead atoms. The van der Waals surface area contributed by atoms with Crippen molar-refractivity contribution >= 4 is 5.97 Å². The average Bonchev–Trinajstić information content (AvgIpc) is 2.89. The van der Waals surface area contributed by atoms with E-state index in [1.165, 1.54) is 11.1 Å². The molecule has 24 heavy (non-hydrogen) atoms. The lowest BCUT2D eigenvalue weighted by Crippen LogP contribution is -2.11. The first-order valence-electron chi connectivity index (χ1n) is 7.79. The summed E-state index contributed by atoms with van der Waals surface area (Å²) < 4.78 is 1.69. The van der Waals surface area contributed by atoms with Crippen LogP contribution in [0.1, 0.15) is 22.4 Å². The summed E-state index contributed by atoms with van der Waals surface area (Å²) in [5.74, 6) is -0.892. The second-order valence-electron chi connectivity index (χ2n) is 5.97. The van der Waals surface area contributed by atoms with Gasteiger partial charge in [-0.15, -0.1) is 5.10 Å². The quantitative estimate of drug-likeness (QED) is 0.783. The molecular weight excluding hydrogens is 302 g/mol. The highest BCUT2D eigenvalue weighted by Crippen LogP contribution is 2.22. The molecule has 0 radical (unpaired) electrons. The van der Waals surface area contributed by atoms with E-state index in [1.807, 2.05) is 44.2 Å². The molecule has 0 saturated heterocycles. The van der Waals surface area contributed by atoms with Crippen LogP contribution in [0.3, 0.4) is 0 Å². The summed E-state index contributed by atoms with van der Waals surface area (Å²) in [6.45, 7) is 4.60. The largest absolute Gasteiger partial charge is 0.481 e. The Kier molecular flexibility index (Phi) is 4.42. The number of benzene rings is 2. The molecule has 3 rings (SSSR count). The van der Waals surface area contributed by atoms with Gasteiger partial charge in [-0.1, -0.05) is 64.9 Å². The second-order valence-corrected chi connectivity index (χ2v) is 5.97. The van der Waals surface area contributed by atoms with Gasteiger partial charge < -0.3 is 5.11 Å². The minimum atomic E-state index is -0.892. The molecule has 0 atom stereocenters. The summed E-state index contributed by atoms with van der Waals surface area (Å²) in [5.41, 5.74) is 5.56. The average molecular weight is 321 g/mol. The maximum absolute atomic E-state index is 11.3. The Labute approximate surface area is 140 Å². The highest BCUT2D eigenvalue weighted by molar-refractivity contribution is 5.73. The highest BCUT2D eigenvalue weighted by Gasteiger charge is 2.17. The van der Waals surface area contributed by atoms with E-state index in [0.717, 1.165) is 11.1 Å². The molecule has 0 aliphatic carbocycles. The summed E-state index contributed by atoms with van der Waals surface area (Å²) in [6.07, 6.45) is -0.109. The van der Waals surface area contributed by atoms with Crippen molar-refractivity contribution in [3.8, 4) is 11.3 Å². The van der Waals surface area contributed by atoms with Gasteiger partial charge in [0, 0.05) is 5.56 Å². The van der Waals surface area contributed by atoms with Crippen LogP contribution in [0, 0.1) is 13.8 Å². The monoisotopic (exact) mass is 321 g/mol. The lowest BCUT2D eigenvalue weighted by Gasteiger charge is -2.08. The molecule has 0 aliphatic heterocycles. The number of hydrogen-bond acceptors (Lipinski definition) is 3. The first-order valence-corrected chi connectivity index (χ1v) is 7.79. The third-order valence-electron chi connectivity index (χ3n) is 3.82. The molecule has 5 heteroatoms. The molecule has 122 valence electrons. The Morgan fingerprint density at radius 3 is 2.38 bits per heavy atom. The minimum absolute atomic E-state index is 0.109. The zero-order valence-electron chi connectivity index (χ0n) is 13.7. The van der Waals surface area contributed by atoms with E-state index in [9.17, 15) is 9.90 Å². The molecule has 0 fully saturated rings. The third kappa shape index (κ3) is 3.51. The van der Waals surface area contributed by atoms with E-state index in [2.05, 4.69) is 28.5 Å². The predicted molar refractivity (Wildman–Crippen MR) is 91.8 cm³/mol. The second kappa shape index (κ2) is 6.66. The molecule has 2 aromatic carbocycles. The molecule has 5 nitrogen and oxygen atoms in total. The van der Waals surface area contributed by atoms with Crippen molar-refractivity contribution < 1.29 is 9.90 Å². The Hall–Kier alpha value is -2.95. The van der Waals surface area contributed by atoms with Crippen LogP contribution >= 0.6 is 0 Å². The van der Waals surface area contributed by atoms with Crippen LogP contribution in [0.2, 0.25) is 0 Å². The molecule has 0 spiro atoms. The Bertz CT molecular complexity index is 849. The number of nitrogens with zero attached hydrogens (tertiary/aromatic N) is 3. The smallest absolute Gasteiger partial charge is 0.309 e. The van der Waals surface area contributed by atoms with Crippen LogP contribution in [0.4, 0.5) is 0 Å². The predicted octanol–water partition coefficient (Wildman–Crippen LogP) is 3.24. The highest BCUT2D eigenvalue weighted by atomic mass is 16.4. The summed E-state index contributed by atoms with van der Waals surface area (Å²) in [6, 6.07) is 15.8. The molecule has 1 aromatic heterocycles. The van der Waals surface area contributed by atoms with Gasteiger partial charge in [0.2, 0.25) is 0 Å². The van der Waals surface area contributed by atoms with Crippen molar-refractivity contribution in [3.63, 3.8) is 0 Å². The van der Waals surface area contributed by atoms with Crippen LogP contribution in [0.5, 0.6) is 0 Å². The fraction of sp³-hybridized carbons (Fsp3) is 0.211. The molecule has 1 N–H and O–H groups in total. The molecule has 0 aliphatic rings. The van der Waals surface area contributed by atoms with Crippen molar-refractivity contribution in [1.29, 1.82) is 0 Å². The third-order valence-corrected chi connectivity index (χ3v) is 3.82. The van der Waals surface area contributed by atoms with Crippen molar-refractivity contribution in [2.24, 2.45) is 0 Å². The lowest BCUT2D eigenvalue weighted by atomic mass is 10.1. The number of aryl methyl sites for hydroxylation is 2. The van der Waals surface area contributed by atoms with Crippen LogP contribution in [0.25, 0.3) is 11.3 Å². The summed E-state index contributed by atoms with van der Waals surface area (Å²) in [4.78, 5) is 11.3. The number of carbonyl (C=O) groups is 1.